The van der Waals surface area contributed by atoms with Gasteiger partial charge in [-0.1, -0.05) is 29.3 Å². The van der Waals surface area contributed by atoms with Crippen LogP contribution in [0.15, 0.2) is 36.4 Å². The Morgan fingerprint density at radius 1 is 1.13 bits per heavy atom. The SMILES string of the molecule is CNC(=O)c1cc(F)cc(OCCCCN2CCN(c3cccc(Cl)c3Cl)CC2)c1. The smallest absolute Gasteiger partial charge is 0.251 e. The summed E-state index contributed by atoms with van der Waals surface area (Å²) in [7, 11) is 1.51. The van der Waals surface area contributed by atoms with Crippen LogP contribution in [0.3, 0.4) is 0 Å². The molecule has 3 rings (SSSR count). The molecule has 1 aliphatic rings. The maximum atomic E-state index is 13.7. The molecule has 162 valence electrons. The van der Waals surface area contributed by atoms with Crippen molar-refractivity contribution in [2.24, 2.45) is 0 Å². The van der Waals surface area contributed by atoms with Crippen LogP contribution in [0.5, 0.6) is 5.75 Å². The molecule has 0 aromatic heterocycles. The Bertz CT molecular complexity index is 873. The van der Waals surface area contributed by atoms with Crippen molar-refractivity contribution >= 4 is 34.8 Å². The van der Waals surface area contributed by atoms with Crippen molar-refractivity contribution < 1.29 is 13.9 Å². The highest BCUT2D eigenvalue weighted by Gasteiger charge is 2.19. The Morgan fingerprint density at radius 3 is 2.63 bits per heavy atom. The summed E-state index contributed by atoms with van der Waals surface area (Å²) in [6, 6.07) is 9.78. The highest BCUT2D eigenvalue weighted by atomic mass is 35.5. The van der Waals surface area contributed by atoms with Gasteiger partial charge in [0, 0.05) is 44.9 Å². The number of carbonyl (C=O) groups excluding carboxylic acids is 1. The number of ether oxygens (including phenoxy) is 1. The molecule has 1 fully saturated rings. The van der Waals surface area contributed by atoms with Crippen LogP contribution in [0.1, 0.15) is 23.2 Å². The summed E-state index contributed by atoms with van der Waals surface area (Å²) < 4.78 is 19.3. The summed E-state index contributed by atoms with van der Waals surface area (Å²) in [6.07, 6.45) is 1.84. The summed E-state index contributed by atoms with van der Waals surface area (Å²) in [5.74, 6) is -0.443. The number of carbonyl (C=O) groups is 1. The van der Waals surface area contributed by atoms with Crippen LogP contribution in [0.25, 0.3) is 0 Å². The predicted molar refractivity (Wildman–Crippen MR) is 120 cm³/mol. The van der Waals surface area contributed by atoms with Crippen molar-refractivity contribution in [3.05, 3.63) is 57.8 Å². The Kier molecular flexibility index (Phi) is 8.19. The lowest BCUT2D eigenvalue weighted by Crippen LogP contribution is -2.46. The van der Waals surface area contributed by atoms with E-state index in [1.165, 1.54) is 19.2 Å². The molecule has 8 heteroatoms. The van der Waals surface area contributed by atoms with Gasteiger partial charge in [-0.2, -0.15) is 0 Å². The Labute approximate surface area is 186 Å². The molecule has 1 saturated heterocycles. The normalized spacial score (nSPS) is 14.6. The minimum atomic E-state index is -0.483. The van der Waals surface area contributed by atoms with Gasteiger partial charge in [0.1, 0.15) is 11.6 Å². The average molecular weight is 454 g/mol. The molecule has 0 atom stereocenters. The van der Waals surface area contributed by atoms with Gasteiger partial charge in [0.05, 0.1) is 22.3 Å². The molecule has 2 aromatic carbocycles. The van der Waals surface area contributed by atoms with E-state index in [1.54, 1.807) is 12.1 Å². The lowest BCUT2D eigenvalue weighted by Gasteiger charge is -2.36. The summed E-state index contributed by atoms with van der Waals surface area (Å²) in [5.41, 5.74) is 1.24. The van der Waals surface area contributed by atoms with E-state index in [0.717, 1.165) is 51.3 Å². The molecule has 0 aliphatic carbocycles. The number of anilines is 1. The maximum Gasteiger partial charge on any atom is 0.251 e. The number of rotatable bonds is 8. The molecule has 0 radical (unpaired) electrons. The first-order valence-electron chi connectivity index (χ1n) is 10.0. The summed E-state index contributed by atoms with van der Waals surface area (Å²) in [6.45, 7) is 5.19. The lowest BCUT2D eigenvalue weighted by molar-refractivity contribution is 0.0962. The molecule has 2 aromatic rings. The largest absolute Gasteiger partial charge is 0.493 e. The lowest BCUT2D eigenvalue weighted by atomic mass is 10.2. The molecular weight excluding hydrogens is 428 g/mol. The van der Waals surface area contributed by atoms with E-state index in [-0.39, 0.29) is 11.5 Å². The average Bonchev–Trinajstić information content (AvgIpc) is 2.75. The van der Waals surface area contributed by atoms with Crippen LogP contribution in [-0.2, 0) is 0 Å². The number of nitrogens with one attached hydrogen (secondary N) is 1. The number of unbranched alkanes of at least 4 members (excludes halogenated alkanes) is 1. The van der Waals surface area contributed by atoms with Gasteiger partial charge in [0.25, 0.3) is 5.91 Å². The molecule has 1 N–H and O–H groups in total. The van der Waals surface area contributed by atoms with Crippen molar-refractivity contribution in [3.8, 4) is 5.75 Å². The van der Waals surface area contributed by atoms with E-state index >= 15 is 0 Å². The van der Waals surface area contributed by atoms with E-state index in [4.69, 9.17) is 27.9 Å². The number of hydrogen-bond acceptors (Lipinski definition) is 4. The first-order valence-corrected chi connectivity index (χ1v) is 10.8. The summed E-state index contributed by atoms with van der Waals surface area (Å²) >= 11 is 12.5. The van der Waals surface area contributed by atoms with Crippen LogP contribution in [0, 0.1) is 5.82 Å². The monoisotopic (exact) mass is 453 g/mol. The Balaban J connectivity index is 1.38. The van der Waals surface area contributed by atoms with Gasteiger partial charge >= 0.3 is 0 Å². The second kappa shape index (κ2) is 10.8. The quantitative estimate of drug-likeness (QED) is 0.598. The van der Waals surface area contributed by atoms with Gasteiger partial charge in [0.15, 0.2) is 0 Å². The van der Waals surface area contributed by atoms with E-state index < -0.39 is 5.82 Å². The van der Waals surface area contributed by atoms with Crippen LogP contribution >= 0.6 is 23.2 Å². The van der Waals surface area contributed by atoms with Crippen molar-refractivity contribution in [1.82, 2.24) is 10.2 Å². The molecule has 0 bridgehead atoms. The van der Waals surface area contributed by atoms with Gasteiger partial charge in [-0.25, -0.2) is 4.39 Å². The van der Waals surface area contributed by atoms with Gasteiger partial charge in [-0.15, -0.1) is 0 Å². The van der Waals surface area contributed by atoms with Gasteiger partial charge < -0.3 is 15.0 Å². The fraction of sp³-hybridized carbons (Fsp3) is 0.409. The Hall–Kier alpha value is -2.02. The number of nitrogens with zero attached hydrogens (tertiary/aromatic N) is 2. The molecule has 1 heterocycles. The van der Waals surface area contributed by atoms with E-state index in [2.05, 4.69) is 15.1 Å². The molecule has 1 aliphatic heterocycles. The first kappa shape index (κ1) is 22.7. The molecule has 0 unspecified atom stereocenters. The molecule has 1 amide bonds. The van der Waals surface area contributed by atoms with Crippen molar-refractivity contribution in [2.45, 2.75) is 12.8 Å². The third-order valence-electron chi connectivity index (χ3n) is 5.14. The minimum absolute atomic E-state index is 0.255. The zero-order chi connectivity index (χ0) is 21.5. The minimum Gasteiger partial charge on any atom is -0.493 e. The summed E-state index contributed by atoms with van der Waals surface area (Å²) in [4.78, 5) is 16.3. The molecule has 0 saturated carbocycles. The fourth-order valence-electron chi connectivity index (χ4n) is 3.50. The maximum absolute atomic E-state index is 13.7. The van der Waals surface area contributed by atoms with Gasteiger partial charge in [-0.05, 0) is 43.7 Å². The van der Waals surface area contributed by atoms with Crippen LogP contribution < -0.4 is 15.0 Å². The zero-order valence-electron chi connectivity index (χ0n) is 17.0. The molecule has 0 spiro atoms. The number of benzene rings is 2. The second-order valence-electron chi connectivity index (χ2n) is 7.21. The standard InChI is InChI=1S/C22H26Cl2FN3O2/c1-26-22(29)16-13-17(25)15-18(14-16)30-12-3-2-7-27-8-10-28(11-9-27)20-6-4-5-19(23)21(20)24/h4-6,13-15H,2-3,7-12H2,1H3,(H,26,29). The Morgan fingerprint density at radius 2 is 1.90 bits per heavy atom. The highest BCUT2D eigenvalue weighted by Crippen LogP contribution is 2.32. The van der Waals surface area contributed by atoms with Gasteiger partial charge in [-0.3, -0.25) is 9.69 Å². The molecule has 5 nitrogen and oxygen atoms in total. The number of piperazine rings is 1. The van der Waals surface area contributed by atoms with Crippen molar-refractivity contribution in [2.75, 3.05) is 51.3 Å². The van der Waals surface area contributed by atoms with Crippen molar-refractivity contribution in [3.63, 3.8) is 0 Å². The van der Waals surface area contributed by atoms with E-state index in [1.807, 2.05) is 12.1 Å². The highest BCUT2D eigenvalue weighted by molar-refractivity contribution is 6.43. The third-order valence-corrected chi connectivity index (χ3v) is 5.95. The van der Waals surface area contributed by atoms with E-state index in [0.29, 0.717) is 22.4 Å². The summed E-state index contributed by atoms with van der Waals surface area (Å²) in [5, 5.41) is 3.68. The van der Waals surface area contributed by atoms with Gasteiger partial charge in [0.2, 0.25) is 0 Å². The topological polar surface area (TPSA) is 44.8 Å². The van der Waals surface area contributed by atoms with Crippen molar-refractivity contribution in [1.29, 1.82) is 0 Å². The van der Waals surface area contributed by atoms with Crippen LogP contribution in [-0.4, -0.2) is 57.2 Å². The fourth-order valence-corrected chi connectivity index (χ4v) is 3.91. The number of hydrogen-bond donors (Lipinski definition) is 1. The predicted octanol–water partition coefficient (Wildman–Crippen LogP) is 4.47. The van der Waals surface area contributed by atoms with Crippen LogP contribution in [0.2, 0.25) is 10.0 Å². The number of amides is 1. The number of halogens is 3. The second-order valence-corrected chi connectivity index (χ2v) is 8.00. The van der Waals surface area contributed by atoms with E-state index in [9.17, 15) is 9.18 Å². The molecular formula is C22H26Cl2FN3O2. The third kappa shape index (κ3) is 6.00. The first-order chi connectivity index (χ1) is 14.5. The van der Waals surface area contributed by atoms with Crippen LogP contribution in [0.4, 0.5) is 10.1 Å². The molecule has 30 heavy (non-hydrogen) atoms. The zero-order valence-corrected chi connectivity index (χ0v) is 18.5.